The lowest BCUT2D eigenvalue weighted by atomic mass is 10.0. The molecule has 2 rings (SSSR count). The molecule has 0 aliphatic heterocycles. The van der Waals surface area contributed by atoms with Crippen molar-refractivity contribution < 1.29 is 14.3 Å². The molecule has 0 fully saturated rings. The number of carbonyl (C=O) groups excluding carboxylic acids is 1. The van der Waals surface area contributed by atoms with Crippen LogP contribution in [-0.2, 0) is 17.8 Å². The van der Waals surface area contributed by atoms with Gasteiger partial charge in [-0.05, 0) is 36.1 Å². The van der Waals surface area contributed by atoms with Crippen molar-refractivity contribution in [3.8, 4) is 5.75 Å². The number of ether oxygens (including phenoxy) is 2. The predicted octanol–water partition coefficient (Wildman–Crippen LogP) is 3.91. The molecule has 22 heavy (non-hydrogen) atoms. The lowest BCUT2D eigenvalue weighted by Gasteiger charge is -2.08. The van der Waals surface area contributed by atoms with E-state index < -0.39 is 0 Å². The molecular weight excluding hydrogens is 296 g/mol. The van der Waals surface area contributed by atoms with Crippen LogP contribution in [-0.4, -0.2) is 18.8 Å². The van der Waals surface area contributed by atoms with Crippen LogP contribution >= 0.6 is 12.6 Å². The number of hydrogen-bond donors (Lipinski definition) is 1. The van der Waals surface area contributed by atoms with Crippen LogP contribution in [0.5, 0.6) is 5.75 Å². The molecule has 0 atom stereocenters. The van der Waals surface area contributed by atoms with Crippen LogP contribution in [0.3, 0.4) is 0 Å². The Hall–Kier alpha value is -1.78. The van der Waals surface area contributed by atoms with Crippen LogP contribution in [0.15, 0.2) is 48.5 Å². The van der Waals surface area contributed by atoms with Crippen molar-refractivity contribution in [3.05, 3.63) is 65.2 Å². The van der Waals surface area contributed by atoms with Crippen LogP contribution in [0.1, 0.15) is 27.9 Å². The molecule has 0 saturated heterocycles. The maximum absolute atomic E-state index is 11.4. The number of benzene rings is 2. The van der Waals surface area contributed by atoms with E-state index in [9.17, 15) is 4.79 Å². The lowest BCUT2D eigenvalue weighted by Crippen LogP contribution is -2.01. The van der Waals surface area contributed by atoms with Gasteiger partial charge in [0.15, 0.2) is 0 Å². The summed E-state index contributed by atoms with van der Waals surface area (Å²) in [6, 6.07) is 15.4. The average molecular weight is 316 g/mol. The molecule has 2 aromatic rings. The number of methoxy groups -OCH3 is 1. The predicted molar refractivity (Wildman–Crippen MR) is 90.7 cm³/mol. The zero-order chi connectivity index (χ0) is 15.8. The molecule has 0 aliphatic rings. The highest BCUT2D eigenvalue weighted by Gasteiger charge is 2.06. The van der Waals surface area contributed by atoms with Gasteiger partial charge in [0.2, 0.25) is 5.12 Å². The summed E-state index contributed by atoms with van der Waals surface area (Å²) in [5, 5.41) is -0.185. The third kappa shape index (κ3) is 4.90. The smallest absolute Gasteiger partial charge is 0.216 e. The largest absolute Gasteiger partial charge is 0.497 e. The second-order valence-electron chi connectivity index (χ2n) is 4.97. The van der Waals surface area contributed by atoms with E-state index in [1.165, 1.54) is 0 Å². The van der Waals surface area contributed by atoms with Gasteiger partial charge in [0.25, 0.3) is 0 Å². The van der Waals surface area contributed by atoms with Gasteiger partial charge in [-0.25, -0.2) is 0 Å². The fourth-order valence-corrected chi connectivity index (χ4v) is 2.44. The first-order valence-corrected chi connectivity index (χ1v) is 7.67. The lowest BCUT2D eigenvalue weighted by molar-refractivity contribution is 0.108. The van der Waals surface area contributed by atoms with Crippen molar-refractivity contribution in [2.75, 3.05) is 13.7 Å². The Labute approximate surface area is 136 Å². The number of aryl methyl sites for hydroxylation is 1. The van der Waals surface area contributed by atoms with Gasteiger partial charge in [-0.3, -0.25) is 4.79 Å². The molecular formula is C18H20O3S. The molecule has 0 unspecified atom stereocenters. The normalized spacial score (nSPS) is 10.5. The van der Waals surface area contributed by atoms with Gasteiger partial charge in [0.1, 0.15) is 5.75 Å². The van der Waals surface area contributed by atoms with Gasteiger partial charge in [0.05, 0.1) is 13.7 Å². The highest BCUT2D eigenvalue weighted by Crippen LogP contribution is 2.14. The van der Waals surface area contributed by atoms with Gasteiger partial charge in [-0.15, -0.1) is 12.6 Å². The van der Waals surface area contributed by atoms with Crippen LogP contribution in [0.2, 0.25) is 0 Å². The van der Waals surface area contributed by atoms with Crippen LogP contribution in [0.25, 0.3) is 0 Å². The van der Waals surface area contributed by atoms with Gasteiger partial charge in [-0.2, -0.15) is 0 Å². The molecule has 0 radical (unpaired) electrons. The minimum absolute atomic E-state index is 0.185. The van der Waals surface area contributed by atoms with Crippen LogP contribution in [0.4, 0.5) is 0 Å². The number of carbonyl (C=O) groups is 1. The SMILES string of the molecule is COc1ccc(COCCCc2ccccc2C(=O)S)cc1. The maximum atomic E-state index is 11.4. The number of rotatable bonds is 8. The van der Waals surface area contributed by atoms with Crippen LogP contribution in [0, 0.1) is 0 Å². The number of thiol groups is 1. The Morgan fingerprint density at radius 2 is 1.82 bits per heavy atom. The molecule has 0 aliphatic carbocycles. The van der Waals surface area contributed by atoms with Crippen molar-refractivity contribution in [1.82, 2.24) is 0 Å². The van der Waals surface area contributed by atoms with E-state index in [-0.39, 0.29) is 5.12 Å². The summed E-state index contributed by atoms with van der Waals surface area (Å²) < 4.78 is 10.8. The highest BCUT2D eigenvalue weighted by molar-refractivity contribution is 7.97. The Balaban J connectivity index is 1.74. The summed E-state index contributed by atoms with van der Waals surface area (Å²) in [5.41, 5.74) is 2.82. The second-order valence-corrected chi connectivity index (χ2v) is 5.37. The van der Waals surface area contributed by atoms with Crippen molar-refractivity contribution in [3.63, 3.8) is 0 Å². The van der Waals surface area contributed by atoms with Crippen molar-refractivity contribution in [2.24, 2.45) is 0 Å². The van der Waals surface area contributed by atoms with E-state index in [1.807, 2.05) is 48.5 Å². The van der Waals surface area contributed by atoms with Crippen molar-refractivity contribution >= 4 is 17.7 Å². The average Bonchev–Trinajstić information content (AvgIpc) is 2.55. The van der Waals surface area contributed by atoms with Crippen LogP contribution < -0.4 is 4.74 Å². The molecule has 0 N–H and O–H groups in total. The van der Waals surface area contributed by atoms with Crippen molar-refractivity contribution in [1.29, 1.82) is 0 Å². The molecule has 0 amide bonds. The van der Waals surface area contributed by atoms with Gasteiger partial charge in [-0.1, -0.05) is 36.4 Å². The van der Waals surface area contributed by atoms with E-state index in [0.717, 1.165) is 29.7 Å². The Morgan fingerprint density at radius 3 is 2.50 bits per heavy atom. The zero-order valence-corrected chi connectivity index (χ0v) is 13.5. The first-order chi connectivity index (χ1) is 10.7. The fraction of sp³-hybridized carbons (Fsp3) is 0.278. The van der Waals surface area contributed by atoms with E-state index in [4.69, 9.17) is 9.47 Å². The van der Waals surface area contributed by atoms with Gasteiger partial charge >= 0.3 is 0 Å². The maximum Gasteiger partial charge on any atom is 0.216 e. The summed E-state index contributed by atoms with van der Waals surface area (Å²) in [6.07, 6.45) is 1.68. The standard InChI is InChI=1S/C18H20O3S/c1-20-16-10-8-14(9-11-16)13-21-12-4-6-15-5-2-3-7-17(15)18(19)22/h2-3,5,7-11H,4,6,12-13H2,1H3,(H,19,22). The van der Waals surface area contributed by atoms with E-state index in [1.54, 1.807) is 7.11 Å². The molecule has 2 aromatic carbocycles. The third-order valence-electron chi connectivity index (χ3n) is 3.41. The summed E-state index contributed by atoms with van der Waals surface area (Å²) in [5.74, 6) is 0.844. The summed E-state index contributed by atoms with van der Waals surface area (Å²) in [7, 11) is 1.65. The third-order valence-corrected chi connectivity index (χ3v) is 3.65. The molecule has 0 aromatic heterocycles. The first-order valence-electron chi connectivity index (χ1n) is 7.22. The molecule has 0 bridgehead atoms. The van der Waals surface area contributed by atoms with Crippen molar-refractivity contribution in [2.45, 2.75) is 19.4 Å². The Morgan fingerprint density at radius 1 is 1.09 bits per heavy atom. The van der Waals surface area contributed by atoms with Gasteiger partial charge in [0, 0.05) is 12.2 Å². The van der Waals surface area contributed by atoms with E-state index >= 15 is 0 Å². The molecule has 3 nitrogen and oxygen atoms in total. The minimum Gasteiger partial charge on any atom is -0.497 e. The fourth-order valence-electron chi connectivity index (χ4n) is 2.22. The summed E-state index contributed by atoms with van der Waals surface area (Å²) in [6.45, 7) is 1.23. The summed E-state index contributed by atoms with van der Waals surface area (Å²) in [4.78, 5) is 11.4. The first kappa shape index (κ1) is 16.6. The molecule has 4 heteroatoms. The highest BCUT2D eigenvalue weighted by atomic mass is 32.1. The topological polar surface area (TPSA) is 35.5 Å². The molecule has 0 spiro atoms. The Kier molecular flexibility index (Phi) is 6.49. The summed E-state index contributed by atoms with van der Waals surface area (Å²) >= 11 is 3.90. The Bertz CT molecular complexity index is 608. The quantitative estimate of drug-likeness (QED) is 0.592. The minimum atomic E-state index is -0.185. The van der Waals surface area contributed by atoms with E-state index in [0.29, 0.717) is 18.8 Å². The van der Waals surface area contributed by atoms with E-state index in [2.05, 4.69) is 12.6 Å². The number of hydrogen-bond acceptors (Lipinski definition) is 3. The monoisotopic (exact) mass is 316 g/mol. The second kappa shape index (κ2) is 8.61. The van der Waals surface area contributed by atoms with Gasteiger partial charge < -0.3 is 9.47 Å². The zero-order valence-electron chi connectivity index (χ0n) is 12.6. The molecule has 0 heterocycles. The molecule has 0 saturated carbocycles. The molecule has 116 valence electrons.